The lowest BCUT2D eigenvalue weighted by Gasteiger charge is -2.09. The highest BCUT2D eigenvalue weighted by Crippen LogP contribution is 2.49. The summed E-state index contributed by atoms with van der Waals surface area (Å²) in [5.41, 5.74) is 1.38. The maximum Gasteiger partial charge on any atom is 0.330 e. The number of hydrogen-bond acceptors (Lipinski definition) is 2. The summed E-state index contributed by atoms with van der Waals surface area (Å²) in [5.74, 6) is -0.246. The second-order valence-corrected chi connectivity index (χ2v) is 4.11. The molecule has 16 heavy (non-hydrogen) atoms. The average molecular weight is 216 g/mol. The van der Waals surface area contributed by atoms with Crippen molar-refractivity contribution in [3.05, 3.63) is 48.0 Å². The van der Waals surface area contributed by atoms with Gasteiger partial charge in [-0.25, -0.2) is 4.79 Å². The fourth-order valence-electron chi connectivity index (χ4n) is 1.87. The molecule has 2 rings (SSSR count). The summed E-state index contributed by atoms with van der Waals surface area (Å²) in [7, 11) is 0. The van der Waals surface area contributed by atoms with Crippen molar-refractivity contribution in [1.82, 2.24) is 0 Å². The molecular formula is C14H16O2. The maximum atomic E-state index is 11.2. The van der Waals surface area contributed by atoms with Crippen molar-refractivity contribution in [3.8, 4) is 0 Å². The van der Waals surface area contributed by atoms with Crippen LogP contribution in [0.1, 0.15) is 25.3 Å². The maximum absolute atomic E-state index is 11.2. The predicted octanol–water partition coefficient (Wildman–Crippen LogP) is 2.84. The molecule has 2 nitrogen and oxygen atoms in total. The Hall–Kier alpha value is -1.57. The van der Waals surface area contributed by atoms with E-state index in [-0.39, 0.29) is 11.4 Å². The normalized spacial score (nSPS) is 17.3. The molecule has 1 aliphatic rings. The number of ether oxygens (including phenoxy) is 1. The Morgan fingerprint density at radius 3 is 2.62 bits per heavy atom. The Kier molecular flexibility index (Phi) is 3.09. The van der Waals surface area contributed by atoms with Crippen molar-refractivity contribution in [2.45, 2.75) is 25.2 Å². The monoisotopic (exact) mass is 216 g/mol. The molecule has 1 aromatic rings. The molecule has 0 aliphatic heterocycles. The Morgan fingerprint density at radius 2 is 2.06 bits per heavy atom. The Bertz CT molecular complexity index is 388. The summed E-state index contributed by atoms with van der Waals surface area (Å²) in [6, 6.07) is 10.3. The van der Waals surface area contributed by atoms with E-state index in [1.54, 1.807) is 6.08 Å². The lowest BCUT2D eigenvalue weighted by atomic mass is 9.96. The van der Waals surface area contributed by atoms with Crippen molar-refractivity contribution in [2.24, 2.45) is 0 Å². The lowest BCUT2D eigenvalue weighted by Crippen LogP contribution is -2.05. The molecule has 2 heteroatoms. The van der Waals surface area contributed by atoms with Crippen molar-refractivity contribution < 1.29 is 9.53 Å². The molecule has 0 atom stereocenters. The van der Waals surface area contributed by atoms with E-state index in [0.717, 1.165) is 12.8 Å². The van der Waals surface area contributed by atoms with Gasteiger partial charge in [0.05, 0.1) is 6.61 Å². The van der Waals surface area contributed by atoms with Crippen LogP contribution in [0.2, 0.25) is 0 Å². The zero-order chi connectivity index (χ0) is 11.4. The van der Waals surface area contributed by atoms with E-state index in [0.29, 0.717) is 6.61 Å². The number of esters is 1. The summed E-state index contributed by atoms with van der Waals surface area (Å²) in [6.45, 7) is 2.25. The molecule has 0 heterocycles. The second kappa shape index (κ2) is 4.52. The van der Waals surface area contributed by atoms with Gasteiger partial charge in [0, 0.05) is 11.5 Å². The third kappa shape index (κ3) is 2.32. The van der Waals surface area contributed by atoms with Crippen LogP contribution in [0.15, 0.2) is 42.5 Å². The van der Waals surface area contributed by atoms with Crippen LogP contribution in [0.5, 0.6) is 0 Å². The Morgan fingerprint density at radius 1 is 1.38 bits per heavy atom. The fraction of sp³-hybridized carbons (Fsp3) is 0.357. The SMILES string of the molecule is CCOC(=O)C=CC1(c2ccccc2)CC1. The number of rotatable bonds is 4. The van der Waals surface area contributed by atoms with Gasteiger partial charge in [0.25, 0.3) is 0 Å². The van der Waals surface area contributed by atoms with Gasteiger partial charge in [-0.1, -0.05) is 36.4 Å². The Balaban J connectivity index is 2.07. The smallest absolute Gasteiger partial charge is 0.330 e. The molecule has 0 radical (unpaired) electrons. The molecule has 1 fully saturated rings. The molecule has 0 unspecified atom stereocenters. The molecule has 0 saturated heterocycles. The van der Waals surface area contributed by atoms with Gasteiger partial charge in [0.1, 0.15) is 0 Å². The zero-order valence-corrected chi connectivity index (χ0v) is 9.48. The number of benzene rings is 1. The fourth-order valence-corrected chi connectivity index (χ4v) is 1.87. The summed E-state index contributed by atoms with van der Waals surface area (Å²) in [4.78, 5) is 11.2. The minimum Gasteiger partial charge on any atom is -0.463 e. The number of carbonyl (C=O) groups is 1. The van der Waals surface area contributed by atoms with Gasteiger partial charge in [-0.15, -0.1) is 0 Å². The van der Waals surface area contributed by atoms with Crippen LogP contribution >= 0.6 is 0 Å². The highest BCUT2D eigenvalue weighted by Gasteiger charge is 2.41. The van der Waals surface area contributed by atoms with Crippen molar-refractivity contribution >= 4 is 5.97 Å². The van der Waals surface area contributed by atoms with Crippen LogP contribution in [-0.4, -0.2) is 12.6 Å². The van der Waals surface area contributed by atoms with E-state index < -0.39 is 0 Å². The molecular weight excluding hydrogens is 200 g/mol. The van der Waals surface area contributed by atoms with Crippen molar-refractivity contribution in [3.63, 3.8) is 0 Å². The number of hydrogen-bond donors (Lipinski definition) is 0. The second-order valence-electron chi connectivity index (χ2n) is 4.11. The van der Waals surface area contributed by atoms with Crippen molar-refractivity contribution in [2.75, 3.05) is 6.61 Å². The van der Waals surface area contributed by atoms with Gasteiger partial charge in [-0.3, -0.25) is 0 Å². The highest BCUT2D eigenvalue weighted by atomic mass is 16.5. The molecule has 0 aromatic heterocycles. The van der Waals surface area contributed by atoms with E-state index >= 15 is 0 Å². The van der Waals surface area contributed by atoms with Crippen molar-refractivity contribution in [1.29, 1.82) is 0 Å². The minimum atomic E-state index is -0.246. The first-order valence-electron chi connectivity index (χ1n) is 5.68. The van der Waals surface area contributed by atoms with Crippen LogP contribution < -0.4 is 0 Å². The van der Waals surface area contributed by atoms with Crippen LogP contribution in [0, 0.1) is 0 Å². The summed E-state index contributed by atoms with van der Waals surface area (Å²) in [5, 5.41) is 0. The van der Waals surface area contributed by atoms with E-state index in [1.165, 1.54) is 5.56 Å². The van der Waals surface area contributed by atoms with Crippen LogP contribution in [0.4, 0.5) is 0 Å². The van der Waals surface area contributed by atoms with E-state index in [1.807, 2.05) is 31.2 Å². The van der Waals surface area contributed by atoms with Gasteiger partial charge in [-0.2, -0.15) is 0 Å². The molecule has 0 amide bonds. The topological polar surface area (TPSA) is 26.3 Å². The van der Waals surface area contributed by atoms with Gasteiger partial charge in [-0.05, 0) is 25.3 Å². The van der Waals surface area contributed by atoms with E-state index in [2.05, 4.69) is 12.1 Å². The molecule has 1 aliphatic carbocycles. The van der Waals surface area contributed by atoms with E-state index in [9.17, 15) is 4.79 Å². The lowest BCUT2D eigenvalue weighted by molar-refractivity contribution is -0.137. The third-order valence-corrected chi connectivity index (χ3v) is 2.96. The summed E-state index contributed by atoms with van der Waals surface area (Å²) < 4.78 is 4.88. The minimum absolute atomic E-state index is 0.0913. The predicted molar refractivity (Wildman–Crippen MR) is 63.1 cm³/mol. The first-order chi connectivity index (χ1) is 7.77. The quantitative estimate of drug-likeness (QED) is 0.571. The molecule has 0 bridgehead atoms. The first-order valence-corrected chi connectivity index (χ1v) is 5.68. The molecule has 0 N–H and O–H groups in total. The van der Waals surface area contributed by atoms with Gasteiger partial charge in [0.15, 0.2) is 0 Å². The third-order valence-electron chi connectivity index (χ3n) is 2.96. The average Bonchev–Trinajstić information content (AvgIpc) is 3.09. The Labute approximate surface area is 95.9 Å². The van der Waals surface area contributed by atoms with E-state index in [4.69, 9.17) is 4.74 Å². The molecule has 1 aromatic carbocycles. The molecule has 0 spiro atoms. The summed E-state index contributed by atoms with van der Waals surface area (Å²) >= 11 is 0. The first kappa shape index (κ1) is 10.9. The largest absolute Gasteiger partial charge is 0.463 e. The number of carbonyl (C=O) groups excluding carboxylic acids is 1. The number of allylic oxidation sites excluding steroid dienone is 1. The highest BCUT2D eigenvalue weighted by molar-refractivity contribution is 5.82. The molecule has 1 saturated carbocycles. The standard InChI is InChI=1S/C14H16O2/c1-2-16-13(15)8-9-14(10-11-14)12-6-4-3-5-7-12/h3-9H,2,10-11H2,1H3. The zero-order valence-electron chi connectivity index (χ0n) is 9.48. The van der Waals surface area contributed by atoms with Gasteiger partial charge >= 0.3 is 5.97 Å². The van der Waals surface area contributed by atoms with Gasteiger partial charge < -0.3 is 4.74 Å². The summed E-state index contributed by atoms with van der Waals surface area (Å²) in [6.07, 6.45) is 5.78. The van der Waals surface area contributed by atoms with Gasteiger partial charge in [0.2, 0.25) is 0 Å². The van der Waals surface area contributed by atoms with Crippen LogP contribution in [-0.2, 0) is 14.9 Å². The van der Waals surface area contributed by atoms with Crippen LogP contribution in [0.3, 0.4) is 0 Å². The van der Waals surface area contributed by atoms with Crippen LogP contribution in [0.25, 0.3) is 0 Å². The molecule has 84 valence electrons.